The molecule has 1 N–H and O–H groups in total. The molecular formula is C14H15BrN2OS. The normalized spacial score (nSPS) is 12.2. The lowest BCUT2D eigenvalue weighted by atomic mass is 10.1. The standard InChI is InChI=1S/C14H15BrN2OS/c1-3-12(14-16-6-7-19-14)17-13(18)11-8-10(15)5-4-9(11)2/h4-8,12H,3H2,1-2H3,(H,17,18). The van der Waals surface area contributed by atoms with Gasteiger partial charge in [-0.1, -0.05) is 28.9 Å². The van der Waals surface area contributed by atoms with Crippen LogP contribution in [-0.2, 0) is 0 Å². The maximum atomic E-state index is 12.3. The van der Waals surface area contributed by atoms with Crippen molar-refractivity contribution in [3.05, 3.63) is 50.4 Å². The molecule has 0 spiro atoms. The molecule has 0 fully saturated rings. The van der Waals surface area contributed by atoms with E-state index in [9.17, 15) is 4.79 Å². The number of hydrogen-bond donors (Lipinski definition) is 1. The maximum absolute atomic E-state index is 12.3. The quantitative estimate of drug-likeness (QED) is 0.911. The summed E-state index contributed by atoms with van der Waals surface area (Å²) in [6.07, 6.45) is 2.59. The van der Waals surface area contributed by atoms with Crippen molar-refractivity contribution in [1.82, 2.24) is 10.3 Å². The monoisotopic (exact) mass is 338 g/mol. The fourth-order valence-electron chi connectivity index (χ4n) is 1.82. The zero-order valence-corrected chi connectivity index (χ0v) is 13.2. The van der Waals surface area contributed by atoms with Crippen molar-refractivity contribution in [3.63, 3.8) is 0 Å². The molecule has 1 amide bonds. The Morgan fingerprint density at radius 2 is 2.32 bits per heavy atom. The van der Waals surface area contributed by atoms with Crippen molar-refractivity contribution < 1.29 is 4.79 Å². The molecule has 0 radical (unpaired) electrons. The minimum Gasteiger partial charge on any atom is -0.343 e. The molecule has 1 atom stereocenters. The predicted octanol–water partition coefficient (Wildman–Crippen LogP) is 4.10. The summed E-state index contributed by atoms with van der Waals surface area (Å²) in [4.78, 5) is 16.6. The molecule has 1 aromatic heterocycles. The van der Waals surface area contributed by atoms with Crippen LogP contribution >= 0.6 is 27.3 Å². The Labute approximate surface area is 125 Å². The molecule has 100 valence electrons. The molecule has 1 unspecified atom stereocenters. The summed E-state index contributed by atoms with van der Waals surface area (Å²) in [5.41, 5.74) is 1.67. The van der Waals surface area contributed by atoms with E-state index in [-0.39, 0.29) is 11.9 Å². The molecule has 1 aromatic carbocycles. The highest BCUT2D eigenvalue weighted by molar-refractivity contribution is 9.10. The van der Waals surface area contributed by atoms with Crippen LogP contribution in [0.5, 0.6) is 0 Å². The smallest absolute Gasteiger partial charge is 0.252 e. The molecule has 0 saturated carbocycles. The zero-order chi connectivity index (χ0) is 13.8. The van der Waals surface area contributed by atoms with Crippen molar-refractivity contribution >= 4 is 33.2 Å². The van der Waals surface area contributed by atoms with Gasteiger partial charge in [-0.2, -0.15) is 0 Å². The zero-order valence-electron chi connectivity index (χ0n) is 10.8. The van der Waals surface area contributed by atoms with Crippen molar-refractivity contribution in [2.45, 2.75) is 26.3 Å². The van der Waals surface area contributed by atoms with Crippen LogP contribution in [0.15, 0.2) is 34.2 Å². The van der Waals surface area contributed by atoms with Gasteiger partial charge in [-0.25, -0.2) is 4.98 Å². The van der Waals surface area contributed by atoms with E-state index in [1.54, 1.807) is 17.5 Å². The van der Waals surface area contributed by atoms with Gasteiger partial charge >= 0.3 is 0 Å². The van der Waals surface area contributed by atoms with E-state index in [0.717, 1.165) is 21.5 Å². The van der Waals surface area contributed by atoms with Crippen LogP contribution in [0, 0.1) is 6.92 Å². The van der Waals surface area contributed by atoms with Gasteiger partial charge in [0.25, 0.3) is 5.91 Å². The second-order valence-corrected chi connectivity index (χ2v) is 6.11. The number of benzene rings is 1. The number of thiazole rings is 1. The number of aryl methyl sites for hydroxylation is 1. The average Bonchev–Trinajstić information content (AvgIpc) is 2.92. The molecule has 0 aliphatic carbocycles. The van der Waals surface area contributed by atoms with Crippen LogP contribution in [0.25, 0.3) is 0 Å². The molecule has 0 aliphatic rings. The fourth-order valence-corrected chi connectivity index (χ4v) is 2.95. The highest BCUT2D eigenvalue weighted by Gasteiger charge is 2.17. The number of aromatic nitrogens is 1. The summed E-state index contributed by atoms with van der Waals surface area (Å²) in [5.74, 6) is -0.0548. The Kier molecular flexibility index (Phi) is 4.71. The third kappa shape index (κ3) is 3.42. The molecule has 5 heteroatoms. The highest BCUT2D eigenvalue weighted by atomic mass is 79.9. The number of hydrogen-bond acceptors (Lipinski definition) is 3. The van der Waals surface area contributed by atoms with E-state index < -0.39 is 0 Å². The summed E-state index contributed by atoms with van der Waals surface area (Å²) >= 11 is 4.96. The van der Waals surface area contributed by atoms with Crippen LogP contribution < -0.4 is 5.32 Å². The third-order valence-electron chi connectivity index (χ3n) is 2.91. The van der Waals surface area contributed by atoms with Crippen molar-refractivity contribution in [2.24, 2.45) is 0 Å². The Morgan fingerprint density at radius 3 is 2.95 bits per heavy atom. The third-order valence-corrected chi connectivity index (χ3v) is 4.29. The number of nitrogens with zero attached hydrogens (tertiary/aromatic N) is 1. The van der Waals surface area contributed by atoms with Crippen LogP contribution in [0.4, 0.5) is 0 Å². The SMILES string of the molecule is CCC(NC(=O)c1cc(Br)ccc1C)c1nccs1. The second kappa shape index (κ2) is 6.30. The lowest BCUT2D eigenvalue weighted by molar-refractivity contribution is 0.0935. The number of carbonyl (C=O) groups is 1. The number of amides is 1. The molecule has 2 rings (SSSR count). The molecule has 2 aromatic rings. The van der Waals surface area contributed by atoms with E-state index in [1.165, 1.54) is 0 Å². The molecule has 1 heterocycles. The van der Waals surface area contributed by atoms with Gasteiger partial charge in [-0.15, -0.1) is 11.3 Å². The lowest BCUT2D eigenvalue weighted by Crippen LogP contribution is -2.28. The summed E-state index contributed by atoms with van der Waals surface area (Å²) in [6, 6.07) is 5.69. The Morgan fingerprint density at radius 1 is 1.53 bits per heavy atom. The number of nitrogens with one attached hydrogen (secondary N) is 1. The summed E-state index contributed by atoms with van der Waals surface area (Å²) in [5, 5.41) is 5.91. The maximum Gasteiger partial charge on any atom is 0.252 e. The average molecular weight is 339 g/mol. The van der Waals surface area contributed by atoms with Gasteiger partial charge in [-0.3, -0.25) is 4.79 Å². The first-order valence-electron chi connectivity index (χ1n) is 6.08. The predicted molar refractivity (Wildman–Crippen MR) is 81.5 cm³/mol. The fraction of sp³-hybridized carbons (Fsp3) is 0.286. The van der Waals surface area contributed by atoms with Crippen LogP contribution in [0.1, 0.15) is 40.3 Å². The van der Waals surface area contributed by atoms with Gasteiger partial charge in [-0.05, 0) is 31.0 Å². The van der Waals surface area contributed by atoms with Gasteiger partial charge in [0.15, 0.2) is 0 Å². The van der Waals surface area contributed by atoms with E-state index in [0.29, 0.717) is 5.56 Å². The first kappa shape index (κ1) is 14.2. The van der Waals surface area contributed by atoms with E-state index in [4.69, 9.17) is 0 Å². The van der Waals surface area contributed by atoms with Crippen LogP contribution in [0.3, 0.4) is 0 Å². The number of carbonyl (C=O) groups excluding carboxylic acids is 1. The Bertz CT molecular complexity index is 569. The van der Waals surface area contributed by atoms with Crippen molar-refractivity contribution in [2.75, 3.05) is 0 Å². The van der Waals surface area contributed by atoms with E-state index in [2.05, 4.69) is 26.2 Å². The molecule has 0 aliphatic heterocycles. The van der Waals surface area contributed by atoms with Gasteiger partial charge in [0.05, 0.1) is 6.04 Å². The first-order valence-corrected chi connectivity index (χ1v) is 7.75. The summed E-state index contributed by atoms with van der Waals surface area (Å²) in [7, 11) is 0. The van der Waals surface area contributed by atoms with Crippen LogP contribution in [-0.4, -0.2) is 10.9 Å². The molecular weight excluding hydrogens is 324 g/mol. The minimum absolute atomic E-state index is 0.0223. The minimum atomic E-state index is -0.0548. The summed E-state index contributed by atoms with van der Waals surface area (Å²) < 4.78 is 0.908. The van der Waals surface area contributed by atoms with Gasteiger partial charge in [0.1, 0.15) is 5.01 Å². The molecule has 19 heavy (non-hydrogen) atoms. The number of halogens is 1. The van der Waals surface area contributed by atoms with E-state index >= 15 is 0 Å². The molecule has 0 bridgehead atoms. The topological polar surface area (TPSA) is 42.0 Å². The summed E-state index contributed by atoms with van der Waals surface area (Å²) in [6.45, 7) is 3.98. The van der Waals surface area contributed by atoms with Crippen LogP contribution in [0.2, 0.25) is 0 Å². The van der Waals surface area contributed by atoms with Gasteiger partial charge < -0.3 is 5.32 Å². The largest absolute Gasteiger partial charge is 0.343 e. The van der Waals surface area contributed by atoms with E-state index in [1.807, 2.05) is 37.4 Å². The molecule has 0 saturated heterocycles. The van der Waals surface area contributed by atoms with Crippen molar-refractivity contribution in [3.8, 4) is 0 Å². The van der Waals surface area contributed by atoms with Crippen molar-refractivity contribution in [1.29, 1.82) is 0 Å². The van der Waals surface area contributed by atoms with Gasteiger partial charge in [0, 0.05) is 21.6 Å². The first-order chi connectivity index (χ1) is 9.11. The second-order valence-electron chi connectivity index (χ2n) is 4.26. The Balaban J connectivity index is 2.18. The lowest BCUT2D eigenvalue weighted by Gasteiger charge is -2.15. The highest BCUT2D eigenvalue weighted by Crippen LogP contribution is 2.21. The van der Waals surface area contributed by atoms with Gasteiger partial charge in [0.2, 0.25) is 0 Å². The Hall–Kier alpha value is -1.20. The molecule has 3 nitrogen and oxygen atoms in total. The number of rotatable bonds is 4.